The Hall–Kier alpha value is -1.09. The lowest BCUT2D eigenvalue weighted by atomic mass is 10.1. The summed E-state index contributed by atoms with van der Waals surface area (Å²) in [5.74, 6) is -0.492. The molecule has 4 heteroatoms. The van der Waals surface area contributed by atoms with Crippen molar-refractivity contribution < 1.29 is 9.18 Å². The van der Waals surface area contributed by atoms with Crippen LogP contribution in [0.1, 0.15) is 12.5 Å². The third-order valence-electron chi connectivity index (χ3n) is 1.77. The molecule has 0 radical (unpaired) electrons. The predicted molar refractivity (Wildman–Crippen MR) is 53.8 cm³/mol. The van der Waals surface area contributed by atoms with Crippen LogP contribution in [0, 0.1) is 5.82 Å². The van der Waals surface area contributed by atoms with Crippen molar-refractivity contribution in [3.8, 4) is 0 Å². The van der Waals surface area contributed by atoms with Crippen LogP contribution >= 0.6 is 11.6 Å². The van der Waals surface area contributed by atoms with E-state index in [9.17, 15) is 9.18 Å². The van der Waals surface area contributed by atoms with Crippen molar-refractivity contribution in [2.75, 3.05) is 6.54 Å². The van der Waals surface area contributed by atoms with Gasteiger partial charge in [0.25, 0.3) is 0 Å². The fraction of sp³-hybridized carbons (Fsp3) is 0.300. The van der Waals surface area contributed by atoms with Gasteiger partial charge >= 0.3 is 0 Å². The number of halogens is 2. The largest absolute Gasteiger partial charge is 0.356 e. The van der Waals surface area contributed by atoms with E-state index >= 15 is 0 Å². The number of rotatable bonds is 3. The maximum atomic E-state index is 12.7. The molecule has 1 amide bonds. The monoisotopic (exact) mass is 215 g/mol. The van der Waals surface area contributed by atoms with Crippen LogP contribution in [-0.4, -0.2) is 12.5 Å². The molecule has 0 aromatic heterocycles. The molecule has 1 aromatic carbocycles. The van der Waals surface area contributed by atoms with Gasteiger partial charge in [0.2, 0.25) is 5.91 Å². The minimum atomic E-state index is -0.421. The predicted octanol–water partition coefficient (Wildman–Crippen LogP) is 2.16. The number of carbonyl (C=O) groups excluding carboxylic acids is 1. The first kappa shape index (κ1) is 11.0. The molecule has 2 nitrogen and oxygen atoms in total. The highest BCUT2D eigenvalue weighted by Crippen LogP contribution is 2.15. The molecule has 76 valence electrons. The zero-order chi connectivity index (χ0) is 10.6. The van der Waals surface area contributed by atoms with E-state index in [1.165, 1.54) is 13.0 Å². The normalized spacial score (nSPS) is 9.93. The third kappa shape index (κ3) is 3.34. The number of hydrogen-bond donors (Lipinski definition) is 1. The summed E-state index contributed by atoms with van der Waals surface area (Å²) in [4.78, 5) is 10.6. The van der Waals surface area contributed by atoms with Gasteiger partial charge in [0.05, 0.1) is 5.02 Å². The Balaban J connectivity index is 2.51. The summed E-state index contributed by atoms with van der Waals surface area (Å²) in [7, 11) is 0. The lowest BCUT2D eigenvalue weighted by molar-refractivity contribution is -0.118. The fourth-order valence-corrected chi connectivity index (χ4v) is 1.28. The molecule has 0 aliphatic heterocycles. The van der Waals surface area contributed by atoms with Crippen LogP contribution in [-0.2, 0) is 11.2 Å². The highest BCUT2D eigenvalue weighted by atomic mass is 35.5. The lowest BCUT2D eigenvalue weighted by Crippen LogP contribution is -2.22. The number of benzene rings is 1. The Morgan fingerprint density at radius 1 is 1.57 bits per heavy atom. The van der Waals surface area contributed by atoms with E-state index in [2.05, 4.69) is 5.32 Å². The third-order valence-corrected chi connectivity index (χ3v) is 2.06. The Kier molecular flexibility index (Phi) is 3.89. The van der Waals surface area contributed by atoms with Crippen LogP contribution in [0.2, 0.25) is 5.02 Å². The van der Waals surface area contributed by atoms with Crippen LogP contribution < -0.4 is 5.32 Å². The average Bonchev–Trinajstić information content (AvgIpc) is 2.10. The molecule has 0 aliphatic rings. The van der Waals surface area contributed by atoms with Crippen LogP contribution in [0.5, 0.6) is 0 Å². The summed E-state index contributed by atoms with van der Waals surface area (Å²) in [6.07, 6.45) is 0.652. The standard InChI is InChI=1S/C10H11ClFNO/c1-7(14)13-5-4-8-2-3-10(12)9(11)6-8/h2-3,6H,4-5H2,1H3,(H,13,14). The Bertz CT molecular complexity index is 341. The van der Waals surface area contributed by atoms with E-state index in [1.54, 1.807) is 12.1 Å². The van der Waals surface area contributed by atoms with Gasteiger partial charge in [-0.2, -0.15) is 0 Å². The van der Waals surface area contributed by atoms with Gasteiger partial charge in [-0.25, -0.2) is 4.39 Å². The highest BCUT2D eigenvalue weighted by molar-refractivity contribution is 6.30. The summed E-state index contributed by atoms with van der Waals surface area (Å²) in [5.41, 5.74) is 0.908. The molecule has 0 bridgehead atoms. The maximum Gasteiger partial charge on any atom is 0.216 e. The Morgan fingerprint density at radius 3 is 2.86 bits per heavy atom. The minimum Gasteiger partial charge on any atom is -0.356 e. The van der Waals surface area contributed by atoms with E-state index in [4.69, 9.17) is 11.6 Å². The summed E-state index contributed by atoms with van der Waals surface area (Å²) < 4.78 is 12.7. The summed E-state index contributed by atoms with van der Waals surface area (Å²) in [6.45, 7) is 1.99. The zero-order valence-electron chi connectivity index (χ0n) is 7.81. The second kappa shape index (κ2) is 4.96. The van der Waals surface area contributed by atoms with Crippen LogP contribution in [0.15, 0.2) is 18.2 Å². The molecule has 1 rings (SSSR count). The van der Waals surface area contributed by atoms with Crippen molar-refractivity contribution >= 4 is 17.5 Å². The number of amides is 1. The van der Waals surface area contributed by atoms with Gasteiger partial charge < -0.3 is 5.32 Å². The molecule has 0 fully saturated rings. The molecule has 14 heavy (non-hydrogen) atoms. The zero-order valence-corrected chi connectivity index (χ0v) is 8.57. The molecule has 0 saturated carbocycles. The van der Waals surface area contributed by atoms with E-state index < -0.39 is 5.82 Å². The van der Waals surface area contributed by atoms with Gasteiger partial charge in [-0.15, -0.1) is 0 Å². The second-order valence-corrected chi connectivity index (χ2v) is 3.39. The lowest BCUT2D eigenvalue weighted by Gasteiger charge is -2.03. The molecule has 0 spiro atoms. The van der Waals surface area contributed by atoms with Crippen molar-refractivity contribution in [1.82, 2.24) is 5.32 Å². The van der Waals surface area contributed by atoms with Crippen molar-refractivity contribution in [3.05, 3.63) is 34.6 Å². The van der Waals surface area contributed by atoms with Crippen molar-refractivity contribution in [2.24, 2.45) is 0 Å². The first-order chi connectivity index (χ1) is 6.59. The minimum absolute atomic E-state index is 0.0711. The Labute approximate surface area is 87.1 Å². The van der Waals surface area contributed by atoms with Crippen LogP contribution in [0.3, 0.4) is 0 Å². The molecule has 0 heterocycles. The number of carbonyl (C=O) groups is 1. The molecule has 0 unspecified atom stereocenters. The van der Waals surface area contributed by atoms with Crippen molar-refractivity contribution in [3.63, 3.8) is 0 Å². The molecule has 0 atom stereocenters. The first-order valence-corrected chi connectivity index (χ1v) is 4.66. The van der Waals surface area contributed by atoms with Gasteiger partial charge in [-0.05, 0) is 24.1 Å². The van der Waals surface area contributed by atoms with Crippen LogP contribution in [0.4, 0.5) is 4.39 Å². The van der Waals surface area contributed by atoms with Crippen LogP contribution in [0.25, 0.3) is 0 Å². The molecule has 0 saturated heterocycles. The second-order valence-electron chi connectivity index (χ2n) is 2.98. The average molecular weight is 216 g/mol. The number of hydrogen-bond acceptors (Lipinski definition) is 1. The highest BCUT2D eigenvalue weighted by Gasteiger charge is 2.00. The molecular formula is C10H11ClFNO. The summed E-state index contributed by atoms with van der Waals surface area (Å²) in [6, 6.07) is 4.55. The quantitative estimate of drug-likeness (QED) is 0.823. The smallest absolute Gasteiger partial charge is 0.216 e. The van der Waals surface area contributed by atoms with E-state index in [1.807, 2.05) is 0 Å². The summed E-state index contributed by atoms with van der Waals surface area (Å²) in [5, 5.41) is 2.77. The topological polar surface area (TPSA) is 29.1 Å². The maximum absolute atomic E-state index is 12.7. The summed E-state index contributed by atoms with van der Waals surface area (Å²) >= 11 is 5.59. The molecular weight excluding hydrogens is 205 g/mol. The number of nitrogens with one attached hydrogen (secondary N) is 1. The van der Waals surface area contributed by atoms with Crippen molar-refractivity contribution in [1.29, 1.82) is 0 Å². The fourth-order valence-electron chi connectivity index (χ4n) is 1.08. The van der Waals surface area contributed by atoms with E-state index in [0.29, 0.717) is 13.0 Å². The first-order valence-electron chi connectivity index (χ1n) is 4.28. The van der Waals surface area contributed by atoms with E-state index in [-0.39, 0.29) is 10.9 Å². The van der Waals surface area contributed by atoms with E-state index in [0.717, 1.165) is 5.56 Å². The van der Waals surface area contributed by atoms with Gasteiger partial charge in [-0.3, -0.25) is 4.79 Å². The van der Waals surface area contributed by atoms with Gasteiger partial charge in [0, 0.05) is 13.5 Å². The molecule has 0 aliphatic carbocycles. The van der Waals surface area contributed by atoms with Gasteiger partial charge in [0.1, 0.15) is 5.82 Å². The van der Waals surface area contributed by atoms with Gasteiger partial charge in [-0.1, -0.05) is 17.7 Å². The SMILES string of the molecule is CC(=O)NCCc1ccc(F)c(Cl)c1. The molecule has 1 aromatic rings. The van der Waals surface area contributed by atoms with Crippen molar-refractivity contribution in [2.45, 2.75) is 13.3 Å². The Morgan fingerprint density at radius 2 is 2.29 bits per heavy atom. The molecule has 1 N–H and O–H groups in total. The van der Waals surface area contributed by atoms with Gasteiger partial charge in [0.15, 0.2) is 0 Å².